The van der Waals surface area contributed by atoms with Crippen molar-refractivity contribution in [3.05, 3.63) is 36.9 Å². The Bertz CT molecular complexity index is 536. The third-order valence-corrected chi connectivity index (χ3v) is 3.70. The lowest BCUT2D eigenvalue weighted by molar-refractivity contribution is -0.116. The largest absolute Gasteiger partial charge is 0.326 e. The number of piperidine rings is 1. The summed E-state index contributed by atoms with van der Waals surface area (Å²) in [5.74, 6) is -0.272. The Morgan fingerprint density at radius 2 is 1.82 bits per heavy atom. The van der Waals surface area contributed by atoms with Gasteiger partial charge < -0.3 is 15.5 Å². The Hall–Kier alpha value is -2.14. The zero-order valence-electron chi connectivity index (χ0n) is 12.8. The molecule has 2 N–H and O–H groups in total. The van der Waals surface area contributed by atoms with Crippen LogP contribution in [0.1, 0.15) is 25.7 Å². The maximum absolute atomic E-state index is 12.0. The lowest BCUT2D eigenvalue weighted by atomic mass is 10.1. The first-order valence-electron chi connectivity index (χ1n) is 7.73. The summed E-state index contributed by atoms with van der Waals surface area (Å²) in [4.78, 5) is 25.6. The molecule has 1 fully saturated rings. The number of likely N-dealkylation sites (tertiary alicyclic amines) is 1. The van der Waals surface area contributed by atoms with Crippen molar-refractivity contribution >= 4 is 23.2 Å². The molecule has 0 aliphatic carbocycles. The minimum Gasteiger partial charge on any atom is -0.326 e. The molecule has 0 aromatic heterocycles. The molecular formula is C17H23N3O2. The number of benzene rings is 1. The number of nitrogens with one attached hydrogen (secondary N) is 2. The van der Waals surface area contributed by atoms with Crippen molar-refractivity contribution in [1.82, 2.24) is 4.90 Å². The number of anilines is 2. The number of nitrogens with zero attached hydrogens (tertiary/aromatic N) is 1. The van der Waals surface area contributed by atoms with Gasteiger partial charge in [0.1, 0.15) is 0 Å². The molecule has 5 nitrogen and oxygen atoms in total. The first-order valence-corrected chi connectivity index (χ1v) is 7.73. The molecular weight excluding hydrogens is 278 g/mol. The predicted octanol–water partition coefficient (Wildman–Crippen LogP) is 2.63. The summed E-state index contributed by atoms with van der Waals surface area (Å²) in [6.45, 7) is 6.40. The average Bonchev–Trinajstić information content (AvgIpc) is 2.54. The Labute approximate surface area is 131 Å². The number of rotatable bonds is 6. The average molecular weight is 301 g/mol. The van der Waals surface area contributed by atoms with Gasteiger partial charge in [-0.05, 0) is 50.2 Å². The molecule has 2 rings (SSSR count). The quantitative estimate of drug-likeness (QED) is 0.794. The minimum absolute atomic E-state index is 0.00206. The molecule has 118 valence electrons. The second-order valence-corrected chi connectivity index (χ2v) is 5.47. The van der Waals surface area contributed by atoms with Crippen molar-refractivity contribution in [2.75, 3.05) is 30.3 Å². The number of amides is 2. The highest BCUT2D eigenvalue weighted by molar-refractivity contribution is 5.99. The molecule has 0 atom stereocenters. The first kappa shape index (κ1) is 16.2. The monoisotopic (exact) mass is 301 g/mol. The maximum Gasteiger partial charge on any atom is 0.247 e. The van der Waals surface area contributed by atoms with Gasteiger partial charge in [-0.3, -0.25) is 9.59 Å². The summed E-state index contributed by atoms with van der Waals surface area (Å²) in [7, 11) is 0. The molecule has 0 saturated carbocycles. The Morgan fingerprint density at radius 1 is 1.14 bits per heavy atom. The van der Waals surface area contributed by atoms with E-state index in [4.69, 9.17) is 0 Å². The predicted molar refractivity (Wildman–Crippen MR) is 88.8 cm³/mol. The van der Waals surface area contributed by atoms with E-state index in [2.05, 4.69) is 22.1 Å². The smallest absolute Gasteiger partial charge is 0.247 e. The van der Waals surface area contributed by atoms with Crippen LogP contribution in [0.5, 0.6) is 0 Å². The van der Waals surface area contributed by atoms with Crippen molar-refractivity contribution in [2.45, 2.75) is 25.7 Å². The molecule has 0 radical (unpaired) electrons. The van der Waals surface area contributed by atoms with Crippen molar-refractivity contribution in [1.29, 1.82) is 0 Å². The molecule has 22 heavy (non-hydrogen) atoms. The lowest BCUT2D eigenvalue weighted by Gasteiger charge is -2.25. The molecule has 1 saturated heterocycles. The fourth-order valence-corrected chi connectivity index (χ4v) is 2.53. The fraction of sp³-hybridized carbons (Fsp3) is 0.412. The van der Waals surface area contributed by atoms with Gasteiger partial charge in [0, 0.05) is 24.3 Å². The molecule has 2 amide bonds. The van der Waals surface area contributed by atoms with Crippen molar-refractivity contribution in [3.63, 3.8) is 0 Å². The van der Waals surface area contributed by atoms with Gasteiger partial charge in [0.15, 0.2) is 0 Å². The van der Waals surface area contributed by atoms with Crippen LogP contribution in [0.4, 0.5) is 11.4 Å². The molecule has 0 spiro atoms. The van der Waals surface area contributed by atoms with E-state index >= 15 is 0 Å². The Kier molecular flexibility index (Phi) is 6.15. The van der Waals surface area contributed by atoms with Crippen molar-refractivity contribution in [2.24, 2.45) is 0 Å². The first-order chi connectivity index (χ1) is 10.7. The SMILES string of the molecule is C=CC(=O)Nc1cccc(NC(=O)CCN2CCCCC2)c1. The van der Waals surface area contributed by atoms with Gasteiger partial charge in [-0.2, -0.15) is 0 Å². The highest BCUT2D eigenvalue weighted by atomic mass is 16.2. The number of carbonyl (C=O) groups excluding carboxylic acids is 2. The molecule has 1 heterocycles. The van der Waals surface area contributed by atoms with Crippen LogP contribution >= 0.6 is 0 Å². The minimum atomic E-state index is -0.270. The van der Waals surface area contributed by atoms with E-state index in [9.17, 15) is 9.59 Å². The summed E-state index contributed by atoms with van der Waals surface area (Å²) in [6, 6.07) is 7.10. The Morgan fingerprint density at radius 3 is 2.50 bits per heavy atom. The van der Waals surface area contributed by atoms with E-state index in [1.165, 1.54) is 25.3 Å². The summed E-state index contributed by atoms with van der Waals surface area (Å²) in [5, 5.41) is 5.54. The van der Waals surface area contributed by atoms with Gasteiger partial charge in [-0.25, -0.2) is 0 Å². The zero-order valence-corrected chi connectivity index (χ0v) is 12.8. The van der Waals surface area contributed by atoms with Crippen LogP contribution in [0.15, 0.2) is 36.9 Å². The van der Waals surface area contributed by atoms with E-state index < -0.39 is 0 Å². The lowest BCUT2D eigenvalue weighted by Crippen LogP contribution is -2.32. The van der Waals surface area contributed by atoms with Crippen LogP contribution in [0, 0.1) is 0 Å². The van der Waals surface area contributed by atoms with Crippen LogP contribution in [0.25, 0.3) is 0 Å². The van der Waals surface area contributed by atoms with E-state index in [0.29, 0.717) is 17.8 Å². The summed E-state index contributed by atoms with van der Waals surface area (Å²) < 4.78 is 0. The molecule has 1 aliphatic rings. The normalized spacial score (nSPS) is 15.1. The summed E-state index contributed by atoms with van der Waals surface area (Å²) in [5.41, 5.74) is 1.32. The van der Waals surface area contributed by atoms with Gasteiger partial charge in [0.25, 0.3) is 0 Å². The highest BCUT2D eigenvalue weighted by Crippen LogP contribution is 2.15. The van der Waals surface area contributed by atoms with Gasteiger partial charge in [0.05, 0.1) is 0 Å². The fourth-order valence-electron chi connectivity index (χ4n) is 2.53. The van der Waals surface area contributed by atoms with Crippen LogP contribution in [-0.4, -0.2) is 36.3 Å². The van der Waals surface area contributed by atoms with Crippen LogP contribution in [-0.2, 0) is 9.59 Å². The standard InChI is InChI=1S/C17H23N3O2/c1-2-16(21)18-14-7-6-8-15(13-14)19-17(22)9-12-20-10-4-3-5-11-20/h2,6-8,13H,1,3-5,9-12H2,(H,18,21)(H,19,22). The second kappa shape index (κ2) is 8.34. The van der Waals surface area contributed by atoms with Crippen LogP contribution < -0.4 is 10.6 Å². The van der Waals surface area contributed by atoms with Crippen LogP contribution in [0.2, 0.25) is 0 Å². The number of hydrogen-bond donors (Lipinski definition) is 2. The molecule has 1 aliphatic heterocycles. The zero-order chi connectivity index (χ0) is 15.8. The van der Waals surface area contributed by atoms with Crippen LogP contribution in [0.3, 0.4) is 0 Å². The van der Waals surface area contributed by atoms with E-state index in [1.54, 1.807) is 18.2 Å². The van der Waals surface area contributed by atoms with Crippen molar-refractivity contribution < 1.29 is 9.59 Å². The van der Waals surface area contributed by atoms with Gasteiger partial charge >= 0.3 is 0 Å². The van der Waals surface area contributed by atoms with E-state index in [1.807, 2.05) is 6.07 Å². The van der Waals surface area contributed by atoms with E-state index in [0.717, 1.165) is 19.6 Å². The van der Waals surface area contributed by atoms with Gasteiger partial charge in [-0.1, -0.05) is 19.1 Å². The highest BCUT2D eigenvalue weighted by Gasteiger charge is 2.11. The molecule has 0 unspecified atom stereocenters. The molecule has 0 bridgehead atoms. The third-order valence-electron chi connectivity index (χ3n) is 3.70. The Balaban J connectivity index is 1.81. The topological polar surface area (TPSA) is 61.4 Å². The summed E-state index contributed by atoms with van der Waals surface area (Å²) in [6.07, 6.45) is 5.46. The molecule has 1 aromatic rings. The van der Waals surface area contributed by atoms with E-state index in [-0.39, 0.29) is 11.8 Å². The number of carbonyl (C=O) groups is 2. The van der Waals surface area contributed by atoms with Crippen molar-refractivity contribution in [3.8, 4) is 0 Å². The van der Waals surface area contributed by atoms with Gasteiger partial charge in [-0.15, -0.1) is 0 Å². The third kappa shape index (κ3) is 5.33. The number of hydrogen-bond acceptors (Lipinski definition) is 3. The summed E-state index contributed by atoms with van der Waals surface area (Å²) >= 11 is 0. The maximum atomic E-state index is 12.0. The second-order valence-electron chi connectivity index (χ2n) is 5.47. The molecule has 5 heteroatoms. The molecule has 1 aromatic carbocycles. The van der Waals surface area contributed by atoms with Gasteiger partial charge in [0.2, 0.25) is 11.8 Å².